The van der Waals surface area contributed by atoms with Crippen molar-refractivity contribution in [2.75, 3.05) is 12.0 Å². The minimum absolute atomic E-state index is 0.0393. The van der Waals surface area contributed by atoms with Gasteiger partial charge >= 0.3 is 0 Å². The molecule has 1 aliphatic heterocycles. The normalized spacial score (nSPS) is 18.7. The minimum Gasteiger partial charge on any atom is -0.497 e. The maximum atomic E-state index is 13.7. The quantitative estimate of drug-likeness (QED) is 0.214. The van der Waals surface area contributed by atoms with Crippen molar-refractivity contribution in [1.82, 2.24) is 0 Å². The Balaban J connectivity index is 2.09. The van der Waals surface area contributed by atoms with E-state index in [1.807, 2.05) is 47.4 Å². The topological polar surface area (TPSA) is 38.8 Å². The van der Waals surface area contributed by atoms with Crippen LogP contribution >= 0.6 is 0 Å². The van der Waals surface area contributed by atoms with Gasteiger partial charge in [-0.1, -0.05) is 71.9 Å². The molecule has 0 spiro atoms. The average Bonchev–Trinajstić information content (AvgIpc) is 2.78. The van der Waals surface area contributed by atoms with Gasteiger partial charge < -0.3 is 9.16 Å². The van der Waals surface area contributed by atoms with Crippen molar-refractivity contribution in [2.45, 2.75) is 76.7 Å². The Hall–Kier alpha value is -2.37. The van der Waals surface area contributed by atoms with E-state index in [1.165, 1.54) is 5.56 Å². The molecule has 1 saturated heterocycles. The highest BCUT2D eigenvalue weighted by atomic mass is 28.4. The lowest BCUT2D eigenvalue weighted by Gasteiger charge is -2.53. The summed E-state index contributed by atoms with van der Waals surface area (Å²) in [5.74, 6) is 0.811. The zero-order valence-electron chi connectivity index (χ0n) is 21.2. The van der Waals surface area contributed by atoms with Crippen molar-refractivity contribution in [2.24, 2.45) is 0 Å². The molecule has 33 heavy (non-hydrogen) atoms. The second-order valence-corrected chi connectivity index (χ2v) is 15.3. The first-order valence-electron chi connectivity index (χ1n) is 12.0. The van der Waals surface area contributed by atoms with Gasteiger partial charge in [0.25, 0.3) is 5.91 Å². The summed E-state index contributed by atoms with van der Waals surface area (Å²) in [6.07, 6.45) is 2.20. The standard InChI is InChI=1S/C28H39NO3Si/c1-9-12-22-13-10-11-14-25(22)26-27(32-33(19(2)3,20(4)5)21(6)7)28(30)29(26)23-15-17-24(31-8)18-16-23/h9-11,13-21,26-27H,1,12H2,2-8H3/t26-,27+/m0/s1. The van der Waals surface area contributed by atoms with Crippen LogP contribution in [0.2, 0.25) is 16.6 Å². The molecular formula is C28H39NO3Si. The molecule has 0 N–H and O–H groups in total. The van der Waals surface area contributed by atoms with E-state index in [9.17, 15) is 4.79 Å². The van der Waals surface area contributed by atoms with Crippen LogP contribution in [0.1, 0.15) is 58.7 Å². The van der Waals surface area contributed by atoms with Crippen LogP contribution in [0.25, 0.3) is 0 Å². The molecule has 0 radical (unpaired) electrons. The van der Waals surface area contributed by atoms with Gasteiger partial charge in [-0.3, -0.25) is 9.69 Å². The molecule has 1 fully saturated rings. The molecule has 0 aliphatic carbocycles. The number of methoxy groups -OCH3 is 1. The first-order valence-corrected chi connectivity index (χ1v) is 14.2. The van der Waals surface area contributed by atoms with Crippen LogP contribution < -0.4 is 9.64 Å². The van der Waals surface area contributed by atoms with Crippen molar-refractivity contribution < 1.29 is 14.0 Å². The number of benzene rings is 2. The number of ether oxygens (including phenoxy) is 1. The highest BCUT2D eigenvalue weighted by Crippen LogP contribution is 2.49. The van der Waals surface area contributed by atoms with Crippen molar-refractivity contribution >= 4 is 19.9 Å². The van der Waals surface area contributed by atoms with Gasteiger partial charge in [0.05, 0.1) is 13.2 Å². The molecule has 3 rings (SSSR count). The minimum atomic E-state index is -2.25. The van der Waals surface area contributed by atoms with Crippen LogP contribution in [0.15, 0.2) is 61.2 Å². The fourth-order valence-electron chi connectivity index (χ4n) is 5.70. The van der Waals surface area contributed by atoms with E-state index in [2.05, 4.69) is 60.3 Å². The zero-order valence-corrected chi connectivity index (χ0v) is 22.2. The molecule has 1 amide bonds. The Kier molecular flexibility index (Phi) is 7.86. The summed E-state index contributed by atoms with van der Waals surface area (Å²) in [5, 5.41) is 0. The van der Waals surface area contributed by atoms with Crippen LogP contribution in [-0.2, 0) is 15.6 Å². The molecule has 178 valence electrons. The third kappa shape index (κ3) is 4.53. The molecule has 2 atom stereocenters. The van der Waals surface area contributed by atoms with Gasteiger partial charge in [0.1, 0.15) is 11.9 Å². The lowest BCUT2D eigenvalue weighted by molar-refractivity contribution is -0.136. The average molecular weight is 466 g/mol. The Morgan fingerprint density at radius 3 is 2.06 bits per heavy atom. The second kappa shape index (κ2) is 10.3. The largest absolute Gasteiger partial charge is 0.497 e. The molecule has 1 aliphatic rings. The monoisotopic (exact) mass is 465 g/mol. The van der Waals surface area contributed by atoms with E-state index in [4.69, 9.17) is 9.16 Å². The smallest absolute Gasteiger partial charge is 0.258 e. The fraction of sp³-hybridized carbons (Fsp3) is 0.464. The summed E-state index contributed by atoms with van der Waals surface area (Å²) in [4.78, 5) is 15.6. The number of carbonyl (C=O) groups excluding carboxylic acids is 1. The molecule has 2 aromatic carbocycles. The van der Waals surface area contributed by atoms with Crippen LogP contribution in [0.5, 0.6) is 5.75 Å². The summed E-state index contributed by atoms with van der Waals surface area (Å²) in [6.45, 7) is 17.5. The number of amides is 1. The molecule has 1 heterocycles. The van der Waals surface area contributed by atoms with Crippen LogP contribution in [0.3, 0.4) is 0 Å². The number of allylic oxidation sites excluding steroid dienone is 1. The number of hydrogen-bond acceptors (Lipinski definition) is 3. The molecule has 5 heteroatoms. The molecule has 4 nitrogen and oxygen atoms in total. The number of nitrogens with zero attached hydrogens (tertiary/aromatic N) is 1. The maximum absolute atomic E-state index is 13.7. The summed E-state index contributed by atoms with van der Waals surface area (Å²) >= 11 is 0. The molecule has 0 saturated carbocycles. The van der Waals surface area contributed by atoms with E-state index < -0.39 is 14.4 Å². The van der Waals surface area contributed by atoms with E-state index in [1.54, 1.807) is 7.11 Å². The molecule has 0 aromatic heterocycles. The van der Waals surface area contributed by atoms with Crippen LogP contribution in [0.4, 0.5) is 5.69 Å². The van der Waals surface area contributed by atoms with E-state index in [0.29, 0.717) is 16.6 Å². The number of β-lactam (4-membered cyclic amide) rings is 1. The van der Waals surface area contributed by atoms with Crippen molar-refractivity contribution in [3.05, 3.63) is 72.3 Å². The Morgan fingerprint density at radius 2 is 1.55 bits per heavy atom. The third-order valence-electron chi connectivity index (χ3n) is 7.17. The van der Waals surface area contributed by atoms with E-state index >= 15 is 0 Å². The number of hydrogen-bond donors (Lipinski definition) is 0. The zero-order chi connectivity index (χ0) is 24.3. The Labute approximate surface area is 200 Å². The van der Waals surface area contributed by atoms with Crippen molar-refractivity contribution in [3.63, 3.8) is 0 Å². The number of carbonyl (C=O) groups is 1. The second-order valence-electron chi connectivity index (χ2n) is 9.90. The van der Waals surface area contributed by atoms with Crippen LogP contribution in [0, 0.1) is 0 Å². The fourth-order valence-corrected chi connectivity index (χ4v) is 11.2. The first kappa shape index (κ1) is 25.3. The highest BCUT2D eigenvalue weighted by Gasteiger charge is 2.56. The number of anilines is 1. The van der Waals surface area contributed by atoms with E-state index in [-0.39, 0.29) is 11.9 Å². The van der Waals surface area contributed by atoms with Gasteiger partial charge in [-0.15, -0.1) is 6.58 Å². The summed E-state index contributed by atoms with van der Waals surface area (Å²) in [6, 6.07) is 15.9. The highest BCUT2D eigenvalue weighted by molar-refractivity contribution is 6.77. The molecule has 0 bridgehead atoms. The van der Waals surface area contributed by atoms with E-state index in [0.717, 1.165) is 23.4 Å². The summed E-state index contributed by atoms with van der Waals surface area (Å²) in [5.41, 5.74) is 4.41. The first-order chi connectivity index (χ1) is 15.7. The van der Waals surface area contributed by atoms with Gasteiger partial charge in [-0.25, -0.2) is 0 Å². The predicted molar refractivity (Wildman–Crippen MR) is 139 cm³/mol. The van der Waals surface area contributed by atoms with Gasteiger partial charge in [0.2, 0.25) is 8.32 Å². The maximum Gasteiger partial charge on any atom is 0.258 e. The number of rotatable bonds is 10. The van der Waals surface area contributed by atoms with Crippen molar-refractivity contribution in [3.8, 4) is 5.75 Å². The van der Waals surface area contributed by atoms with Gasteiger partial charge in [-0.2, -0.15) is 0 Å². The SMILES string of the molecule is C=CCc1ccccc1[C@H]1[C@@H](O[Si](C(C)C)(C(C)C)C(C)C)C(=O)N1c1ccc(OC)cc1. The Bertz CT molecular complexity index is 946. The lowest BCUT2D eigenvalue weighted by Crippen LogP contribution is -2.65. The van der Waals surface area contributed by atoms with Gasteiger partial charge in [-0.05, 0) is 58.4 Å². The lowest BCUT2D eigenvalue weighted by atomic mass is 9.86. The molecule has 0 unspecified atom stereocenters. The molecule has 2 aromatic rings. The molecular weight excluding hydrogens is 426 g/mol. The predicted octanol–water partition coefficient (Wildman–Crippen LogP) is 7.07. The Morgan fingerprint density at radius 1 is 0.970 bits per heavy atom. The van der Waals surface area contributed by atoms with Gasteiger partial charge in [0, 0.05) is 5.69 Å². The van der Waals surface area contributed by atoms with Gasteiger partial charge in [0.15, 0.2) is 0 Å². The summed E-state index contributed by atoms with van der Waals surface area (Å²) in [7, 11) is -0.597. The third-order valence-corrected chi connectivity index (χ3v) is 13.2. The van der Waals surface area contributed by atoms with Crippen LogP contribution in [-0.4, -0.2) is 27.4 Å². The summed E-state index contributed by atoms with van der Waals surface area (Å²) < 4.78 is 12.4. The van der Waals surface area contributed by atoms with Crippen molar-refractivity contribution in [1.29, 1.82) is 0 Å².